The minimum absolute atomic E-state index is 0. The van der Waals surface area contributed by atoms with Gasteiger partial charge in [-0.25, -0.2) is 4.98 Å². The Balaban J connectivity index is 0.00000112. The molecule has 0 aliphatic heterocycles. The third-order valence-corrected chi connectivity index (χ3v) is 1.67. The van der Waals surface area contributed by atoms with Crippen LogP contribution in [0.5, 0.6) is 0 Å². The fourth-order valence-corrected chi connectivity index (χ4v) is 1.02. The van der Waals surface area contributed by atoms with Crippen LogP contribution in [0.25, 0.3) is 0 Å². The molecular formula is C11H9N3Ru. The Hall–Kier alpha value is -1.41. The summed E-state index contributed by atoms with van der Waals surface area (Å²) >= 11 is 0. The first-order valence-electron chi connectivity index (χ1n) is 4.33. The van der Waals surface area contributed by atoms with Gasteiger partial charge in [-0.2, -0.15) is 0 Å². The zero-order valence-corrected chi connectivity index (χ0v) is 9.63. The average molecular weight is 284 g/mol. The van der Waals surface area contributed by atoms with Crippen LogP contribution in [-0.4, -0.2) is 4.98 Å². The number of hydrogen-bond donors (Lipinski definition) is 0. The summed E-state index contributed by atoms with van der Waals surface area (Å²) in [5.41, 5.74) is 0.832. The summed E-state index contributed by atoms with van der Waals surface area (Å²) in [5, 5.41) is 8.03. The van der Waals surface area contributed by atoms with E-state index >= 15 is 0 Å². The average Bonchev–Trinajstić information content (AvgIpc) is 2.29. The molecule has 0 aliphatic rings. The molecule has 1 aromatic carbocycles. The minimum atomic E-state index is 0. The molecule has 4 heteroatoms. The van der Waals surface area contributed by atoms with Crippen LogP contribution < -0.4 is 0 Å². The third-order valence-electron chi connectivity index (χ3n) is 1.67. The van der Waals surface area contributed by atoms with Crippen LogP contribution in [0.15, 0.2) is 65.0 Å². The Morgan fingerprint density at radius 3 is 2.20 bits per heavy atom. The fraction of sp³-hybridized carbons (Fsp3) is 0. The molecule has 2 rings (SSSR count). The Bertz CT molecular complexity index is 373. The maximum atomic E-state index is 4.04. The summed E-state index contributed by atoms with van der Waals surface area (Å²) in [5.74, 6) is 0.622. The molecule has 0 amide bonds. The van der Waals surface area contributed by atoms with Crippen molar-refractivity contribution < 1.29 is 19.5 Å². The third kappa shape index (κ3) is 3.68. The topological polar surface area (TPSA) is 37.6 Å². The molecule has 0 atom stereocenters. The molecule has 3 nitrogen and oxygen atoms in total. The largest absolute Gasteiger partial charge is 0.236 e. The van der Waals surface area contributed by atoms with Gasteiger partial charge in [0.1, 0.15) is 0 Å². The molecule has 0 saturated carbocycles. The van der Waals surface area contributed by atoms with Crippen LogP contribution >= 0.6 is 0 Å². The maximum Gasteiger partial charge on any atom is 0.174 e. The van der Waals surface area contributed by atoms with Gasteiger partial charge < -0.3 is 0 Å². The zero-order chi connectivity index (χ0) is 9.64. The van der Waals surface area contributed by atoms with E-state index in [0.29, 0.717) is 5.82 Å². The van der Waals surface area contributed by atoms with Gasteiger partial charge in [0.05, 0.1) is 5.69 Å². The second kappa shape index (κ2) is 6.15. The van der Waals surface area contributed by atoms with E-state index in [9.17, 15) is 0 Å². The number of aromatic nitrogens is 1. The van der Waals surface area contributed by atoms with E-state index in [4.69, 9.17) is 0 Å². The van der Waals surface area contributed by atoms with Gasteiger partial charge in [0.2, 0.25) is 0 Å². The van der Waals surface area contributed by atoms with Crippen LogP contribution in [0.2, 0.25) is 0 Å². The van der Waals surface area contributed by atoms with Gasteiger partial charge in [0.25, 0.3) is 0 Å². The molecule has 1 aromatic heterocycles. The molecule has 2 aromatic rings. The standard InChI is InChI=1S/C11H9N3.Ru/c1-2-6-10(7-3-1)13-14-11-8-4-5-9-12-11;/h1-9H;/b14-13+;. The molecule has 0 fully saturated rings. The summed E-state index contributed by atoms with van der Waals surface area (Å²) in [7, 11) is 0. The van der Waals surface area contributed by atoms with E-state index in [0.717, 1.165) is 5.69 Å². The first-order valence-corrected chi connectivity index (χ1v) is 4.33. The number of azo groups is 1. The molecule has 15 heavy (non-hydrogen) atoms. The van der Waals surface area contributed by atoms with Crippen molar-refractivity contribution >= 4 is 11.5 Å². The number of hydrogen-bond acceptors (Lipinski definition) is 3. The molecule has 0 aliphatic carbocycles. The summed E-state index contributed by atoms with van der Waals surface area (Å²) in [4.78, 5) is 4.03. The number of benzene rings is 1. The van der Waals surface area contributed by atoms with Crippen molar-refractivity contribution in [1.29, 1.82) is 0 Å². The van der Waals surface area contributed by atoms with Crippen LogP contribution in [0.1, 0.15) is 0 Å². The molecule has 0 radical (unpaired) electrons. The predicted molar refractivity (Wildman–Crippen MR) is 54.9 cm³/mol. The van der Waals surface area contributed by atoms with E-state index in [1.165, 1.54) is 0 Å². The van der Waals surface area contributed by atoms with Gasteiger partial charge in [-0.05, 0) is 24.3 Å². The molecule has 1 heterocycles. The van der Waals surface area contributed by atoms with E-state index < -0.39 is 0 Å². The first-order chi connectivity index (χ1) is 6.95. The van der Waals surface area contributed by atoms with Gasteiger partial charge in [-0.3, -0.25) is 0 Å². The van der Waals surface area contributed by atoms with Gasteiger partial charge in [0, 0.05) is 25.7 Å². The molecular weight excluding hydrogens is 275 g/mol. The van der Waals surface area contributed by atoms with Gasteiger partial charge >= 0.3 is 0 Å². The first kappa shape index (κ1) is 11.7. The van der Waals surface area contributed by atoms with Gasteiger partial charge in [0.15, 0.2) is 5.82 Å². The zero-order valence-electron chi connectivity index (χ0n) is 7.89. The van der Waals surface area contributed by atoms with Crippen molar-refractivity contribution in [2.45, 2.75) is 0 Å². The van der Waals surface area contributed by atoms with E-state index in [-0.39, 0.29) is 19.5 Å². The molecule has 0 N–H and O–H groups in total. The smallest absolute Gasteiger partial charge is 0.174 e. The minimum Gasteiger partial charge on any atom is -0.236 e. The maximum absolute atomic E-state index is 4.04. The van der Waals surface area contributed by atoms with Gasteiger partial charge in [-0.1, -0.05) is 24.3 Å². The second-order valence-electron chi connectivity index (χ2n) is 2.72. The Kier molecular flexibility index (Phi) is 4.78. The Morgan fingerprint density at radius 2 is 1.53 bits per heavy atom. The van der Waals surface area contributed by atoms with Gasteiger partial charge in [-0.15, -0.1) is 10.2 Å². The normalized spacial score (nSPS) is 9.87. The molecule has 0 unspecified atom stereocenters. The predicted octanol–water partition coefficient (Wildman–Crippen LogP) is 3.49. The fourth-order valence-electron chi connectivity index (χ4n) is 1.02. The number of pyridine rings is 1. The van der Waals surface area contributed by atoms with Crippen LogP contribution in [0.4, 0.5) is 11.5 Å². The summed E-state index contributed by atoms with van der Waals surface area (Å²) in [6.45, 7) is 0. The summed E-state index contributed by atoms with van der Waals surface area (Å²) in [6.07, 6.45) is 1.69. The van der Waals surface area contributed by atoms with Crippen molar-refractivity contribution in [2.24, 2.45) is 10.2 Å². The monoisotopic (exact) mass is 285 g/mol. The number of rotatable bonds is 2. The molecule has 0 bridgehead atoms. The van der Waals surface area contributed by atoms with Crippen molar-refractivity contribution in [3.63, 3.8) is 0 Å². The van der Waals surface area contributed by atoms with Crippen LogP contribution in [-0.2, 0) is 19.5 Å². The van der Waals surface area contributed by atoms with Crippen molar-refractivity contribution in [3.05, 3.63) is 54.7 Å². The SMILES string of the molecule is [Ru].c1ccc(/N=N/c2ccccn2)cc1. The summed E-state index contributed by atoms with van der Waals surface area (Å²) < 4.78 is 0. The second-order valence-corrected chi connectivity index (χ2v) is 2.72. The van der Waals surface area contributed by atoms with E-state index in [1.54, 1.807) is 6.20 Å². The molecule has 0 saturated heterocycles. The van der Waals surface area contributed by atoms with Crippen LogP contribution in [0.3, 0.4) is 0 Å². The van der Waals surface area contributed by atoms with Crippen LogP contribution in [0, 0.1) is 0 Å². The Morgan fingerprint density at radius 1 is 0.800 bits per heavy atom. The van der Waals surface area contributed by atoms with E-state index in [2.05, 4.69) is 15.2 Å². The molecule has 0 spiro atoms. The quantitative estimate of drug-likeness (QED) is 0.614. The van der Waals surface area contributed by atoms with E-state index in [1.807, 2.05) is 48.5 Å². The van der Waals surface area contributed by atoms with Crippen molar-refractivity contribution in [2.75, 3.05) is 0 Å². The molecule has 76 valence electrons. The van der Waals surface area contributed by atoms with Crippen molar-refractivity contribution in [1.82, 2.24) is 4.98 Å². The summed E-state index contributed by atoms with van der Waals surface area (Å²) in [6, 6.07) is 15.1. The Labute approximate surface area is 101 Å². The number of nitrogens with zero attached hydrogens (tertiary/aromatic N) is 3. The van der Waals surface area contributed by atoms with Crippen molar-refractivity contribution in [3.8, 4) is 0 Å².